The quantitative estimate of drug-likeness (QED) is 0.674. The summed E-state index contributed by atoms with van der Waals surface area (Å²) in [5, 5.41) is 9.91. The van der Waals surface area contributed by atoms with Gasteiger partial charge in [-0.2, -0.15) is 0 Å². The summed E-state index contributed by atoms with van der Waals surface area (Å²) >= 11 is 0. The average molecular weight is 327 g/mol. The van der Waals surface area contributed by atoms with Gasteiger partial charge < -0.3 is 14.4 Å². The minimum Gasteiger partial charge on any atom is -0.507 e. The molecule has 3 rings (SSSR count). The van der Waals surface area contributed by atoms with Crippen LogP contribution in [0.4, 0.5) is 0 Å². The first-order valence-electron chi connectivity index (χ1n) is 8.07. The first-order valence-corrected chi connectivity index (χ1v) is 8.07. The van der Waals surface area contributed by atoms with Gasteiger partial charge in [0.05, 0.1) is 0 Å². The van der Waals surface area contributed by atoms with E-state index < -0.39 is 5.97 Å². The first-order chi connectivity index (χ1) is 11.4. The number of hydrogen-bond acceptors (Lipinski definition) is 4. The van der Waals surface area contributed by atoms with Crippen LogP contribution in [-0.4, -0.2) is 28.0 Å². The molecule has 1 saturated carbocycles. The molecule has 1 aromatic heterocycles. The van der Waals surface area contributed by atoms with Crippen molar-refractivity contribution in [2.45, 2.75) is 39.7 Å². The number of ether oxygens (including phenoxy) is 1. The van der Waals surface area contributed by atoms with E-state index in [1.54, 1.807) is 19.1 Å². The van der Waals surface area contributed by atoms with E-state index in [0.29, 0.717) is 17.2 Å². The van der Waals surface area contributed by atoms with E-state index in [9.17, 15) is 14.7 Å². The third-order valence-electron chi connectivity index (χ3n) is 4.49. The second-order valence-electron chi connectivity index (χ2n) is 6.36. The van der Waals surface area contributed by atoms with Crippen LogP contribution in [0.1, 0.15) is 56.6 Å². The number of Topliss-reactive ketones (excluding diaryl/α,β-unsaturated/α-hetero) is 1. The molecule has 2 aromatic rings. The maximum atomic E-state index is 12.4. The lowest BCUT2D eigenvalue weighted by Gasteiger charge is -2.09. The van der Waals surface area contributed by atoms with Crippen LogP contribution in [0.15, 0.2) is 24.3 Å². The third-order valence-corrected chi connectivity index (χ3v) is 4.49. The molecule has 24 heavy (non-hydrogen) atoms. The minimum atomic E-state index is -0.694. The highest BCUT2D eigenvalue weighted by molar-refractivity contribution is 6.01. The van der Waals surface area contributed by atoms with Crippen molar-refractivity contribution in [1.82, 2.24) is 4.57 Å². The van der Waals surface area contributed by atoms with Crippen molar-refractivity contribution in [2.75, 3.05) is 6.61 Å². The number of esters is 1. The van der Waals surface area contributed by atoms with Crippen molar-refractivity contribution in [1.29, 1.82) is 0 Å². The van der Waals surface area contributed by atoms with Crippen LogP contribution in [0.3, 0.4) is 0 Å². The van der Waals surface area contributed by atoms with Crippen LogP contribution >= 0.6 is 0 Å². The zero-order valence-corrected chi connectivity index (χ0v) is 14.1. The molecule has 0 aliphatic heterocycles. The highest BCUT2D eigenvalue weighted by Crippen LogP contribution is 2.38. The number of para-hydroxylation sites is 1. The van der Waals surface area contributed by atoms with Crippen molar-refractivity contribution < 1.29 is 19.4 Å². The van der Waals surface area contributed by atoms with Crippen molar-refractivity contribution in [3.8, 4) is 5.75 Å². The van der Waals surface area contributed by atoms with Gasteiger partial charge in [0.25, 0.3) is 0 Å². The number of rotatable bonds is 5. The summed E-state index contributed by atoms with van der Waals surface area (Å²) in [6, 6.07) is 7.20. The van der Waals surface area contributed by atoms with E-state index in [0.717, 1.165) is 24.2 Å². The van der Waals surface area contributed by atoms with Crippen LogP contribution in [-0.2, 0) is 4.74 Å². The molecule has 126 valence electrons. The number of aryl methyl sites for hydroxylation is 2. The Bertz CT molecular complexity index is 815. The molecule has 0 amide bonds. The number of phenolic OH excluding ortho intramolecular Hbond substituents is 1. The Morgan fingerprint density at radius 2 is 1.92 bits per heavy atom. The van der Waals surface area contributed by atoms with E-state index >= 15 is 0 Å². The summed E-state index contributed by atoms with van der Waals surface area (Å²) in [5.74, 6) is -1.03. The molecule has 0 bridgehead atoms. The van der Waals surface area contributed by atoms with Crippen LogP contribution in [0.2, 0.25) is 0 Å². The molecule has 0 radical (unpaired) electrons. The Morgan fingerprint density at radius 1 is 1.21 bits per heavy atom. The molecule has 0 atom stereocenters. The van der Waals surface area contributed by atoms with Gasteiger partial charge in [-0.1, -0.05) is 12.1 Å². The fourth-order valence-corrected chi connectivity index (χ4v) is 3.06. The maximum Gasteiger partial charge on any atom is 0.342 e. The van der Waals surface area contributed by atoms with Gasteiger partial charge in [0.15, 0.2) is 6.61 Å². The summed E-state index contributed by atoms with van der Waals surface area (Å²) in [4.78, 5) is 24.5. The molecule has 0 unspecified atom stereocenters. The van der Waals surface area contributed by atoms with E-state index in [1.807, 2.05) is 19.9 Å². The SMILES string of the molecule is Cc1cccc(C(=O)OCC(=O)c2cc(C)n(C3CC3)c2C)c1O. The number of ketones is 1. The largest absolute Gasteiger partial charge is 0.507 e. The molecular formula is C19H21NO4. The zero-order valence-electron chi connectivity index (χ0n) is 14.1. The predicted molar refractivity (Wildman–Crippen MR) is 89.6 cm³/mol. The number of nitrogens with zero attached hydrogens (tertiary/aromatic N) is 1. The van der Waals surface area contributed by atoms with Gasteiger partial charge >= 0.3 is 5.97 Å². The molecule has 0 saturated heterocycles. The Hall–Kier alpha value is -2.56. The van der Waals surface area contributed by atoms with Crippen molar-refractivity contribution in [3.05, 3.63) is 52.3 Å². The van der Waals surface area contributed by atoms with Gasteiger partial charge in [-0.25, -0.2) is 4.79 Å². The van der Waals surface area contributed by atoms with Gasteiger partial charge in [-0.3, -0.25) is 4.79 Å². The van der Waals surface area contributed by atoms with Crippen molar-refractivity contribution in [3.63, 3.8) is 0 Å². The van der Waals surface area contributed by atoms with E-state index in [1.165, 1.54) is 6.07 Å². The minimum absolute atomic E-state index is 0.0752. The first kappa shape index (κ1) is 16.3. The second-order valence-corrected chi connectivity index (χ2v) is 6.36. The summed E-state index contributed by atoms with van der Waals surface area (Å²) in [5.41, 5.74) is 3.24. The molecule has 0 spiro atoms. The Kier molecular flexibility index (Phi) is 4.18. The van der Waals surface area contributed by atoms with Crippen LogP contribution in [0.25, 0.3) is 0 Å². The van der Waals surface area contributed by atoms with Gasteiger partial charge in [-0.05, 0) is 51.3 Å². The predicted octanol–water partition coefficient (Wildman–Crippen LogP) is 3.49. The molecule has 1 heterocycles. The fourth-order valence-electron chi connectivity index (χ4n) is 3.06. The maximum absolute atomic E-state index is 12.4. The second kappa shape index (κ2) is 6.15. The normalized spacial score (nSPS) is 13.8. The molecule has 1 aliphatic carbocycles. The molecular weight excluding hydrogens is 306 g/mol. The number of aromatic nitrogens is 1. The number of benzene rings is 1. The summed E-state index contributed by atoms with van der Waals surface area (Å²) in [6.45, 7) is 5.27. The number of carbonyl (C=O) groups is 2. The summed E-state index contributed by atoms with van der Waals surface area (Å²) < 4.78 is 7.28. The van der Waals surface area contributed by atoms with Gasteiger partial charge in [0, 0.05) is 23.0 Å². The Morgan fingerprint density at radius 3 is 2.58 bits per heavy atom. The number of carbonyl (C=O) groups excluding carboxylic acids is 2. The number of phenols is 1. The molecule has 1 fully saturated rings. The third kappa shape index (κ3) is 2.94. The van der Waals surface area contributed by atoms with Crippen molar-refractivity contribution >= 4 is 11.8 Å². The number of hydrogen-bond donors (Lipinski definition) is 1. The van der Waals surface area contributed by atoms with E-state index in [-0.39, 0.29) is 23.7 Å². The lowest BCUT2D eigenvalue weighted by Crippen LogP contribution is -2.15. The highest BCUT2D eigenvalue weighted by atomic mass is 16.5. The Balaban J connectivity index is 1.71. The van der Waals surface area contributed by atoms with E-state index in [4.69, 9.17) is 4.74 Å². The zero-order chi connectivity index (χ0) is 17.4. The van der Waals surface area contributed by atoms with Crippen LogP contribution < -0.4 is 0 Å². The molecule has 1 aromatic carbocycles. The summed E-state index contributed by atoms with van der Waals surface area (Å²) in [6.07, 6.45) is 2.29. The van der Waals surface area contributed by atoms with Gasteiger partial charge in [-0.15, -0.1) is 0 Å². The standard InChI is InChI=1S/C19H21NO4/c1-11-5-4-6-15(18(11)22)19(23)24-10-17(21)16-9-12(2)20(13(16)3)14-7-8-14/h4-6,9,14,22H,7-8,10H2,1-3H3. The smallest absolute Gasteiger partial charge is 0.342 e. The molecule has 1 N–H and O–H groups in total. The summed E-state index contributed by atoms with van der Waals surface area (Å²) in [7, 11) is 0. The fraction of sp³-hybridized carbons (Fsp3) is 0.368. The number of aromatic hydroxyl groups is 1. The monoisotopic (exact) mass is 327 g/mol. The van der Waals surface area contributed by atoms with Gasteiger partial charge in [0.1, 0.15) is 11.3 Å². The highest BCUT2D eigenvalue weighted by Gasteiger charge is 2.28. The van der Waals surface area contributed by atoms with Crippen molar-refractivity contribution in [2.24, 2.45) is 0 Å². The lowest BCUT2D eigenvalue weighted by atomic mass is 10.1. The van der Waals surface area contributed by atoms with Crippen LogP contribution in [0.5, 0.6) is 5.75 Å². The molecule has 5 heteroatoms. The van der Waals surface area contributed by atoms with Gasteiger partial charge in [0.2, 0.25) is 5.78 Å². The topological polar surface area (TPSA) is 68.5 Å². The Labute approximate surface area is 140 Å². The van der Waals surface area contributed by atoms with Crippen LogP contribution in [0, 0.1) is 20.8 Å². The van der Waals surface area contributed by atoms with E-state index in [2.05, 4.69) is 4.57 Å². The lowest BCUT2D eigenvalue weighted by molar-refractivity contribution is 0.0471. The average Bonchev–Trinajstić information content (AvgIpc) is 3.33. The molecule has 5 nitrogen and oxygen atoms in total. The molecule has 1 aliphatic rings.